The molecule has 1 heterocycles. The summed E-state index contributed by atoms with van der Waals surface area (Å²) in [5, 5.41) is 4.15. The molecule has 0 amide bonds. The van der Waals surface area contributed by atoms with Crippen LogP contribution in [0.25, 0.3) is 0 Å². The Morgan fingerprint density at radius 2 is 1.80 bits per heavy atom. The number of hydrogen-bond acceptors (Lipinski definition) is 6. The van der Waals surface area contributed by atoms with Crippen LogP contribution >= 0.6 is 0 Å². The van der Waals surface area contributed by atoms with Gasteiger partial charge in [0.25, 0.3) is 0 Å². The lowest BCUT2D eigenvalue weighted by molar-refractivity contribution is 0.310. The lowest BCUT2D eigenvalue weighted by Crippen LogP contribution is -2.09. The SMILES string of the molecule is COc1cc(Cc2noc(C(CCc3ccccc3)C(C)C)n2)ccc1S(C)(=O)=O. The molecular formula is C23H28N2O4S. The zero-order valence-electron chi connectivity index (χ0n) is 17.8. The number of aromatic nitrogens is 2. The summed E-state index contributed by atoms with van der Waals surface area (Å²) in [6, 6.07) is 15.4. The normalized spacial score (nSPS) is 12.8. The minimum atomic E-state index is -3.36. The second kappa shape index (κ2) is 9.43. The first-order valence-electron chi connectivity index (χ1n) is 10.0. The number of aryl methyl sites for hydroxylation is 1. The zero-order chi connectivity index (χ0) is 21.7. The van der Waals surface area contributed by atoms with Crippen molar-refractivity contribution >= 4 is 9.84 Å². The standard InChI is InChI=1S/C23H28N2O4S/c1-16(2)19(12-10-17-8-6-5-7-9-17)23-24-22(25-29-23)15-18-11-13-21(30(4,26)27)20(14-18)28-3/h5-9,11,13-14,16,19H,10,12,15H2,1-4H3. The second-order valence-electron chi connectivity index (χ2n) is 7.86. The summed E-state index contributed by atoms with van der Waals surface area (Å²) < 4.78 is 34.6. The molecule has 7 heteroatoms. The van der Waals surface area contributed by atoms with Gasteiger partial charge in [0, 0.05) is 18.6 Å². The van der Waals surface area contributed by atoms with E-state index in [9.17, 15) is 8.42 Å². The van der Waals surface area contributed by atoms with Gasteiger partial charge in [-0.1, -0.05) is 55.4 Å². The Bertz CT molecular complexity index is 1080. The van der Waals surface area contributed by atoms with Gasteiger partial charge in [-0.3, -0.25) is 0 Å². The summed E-state index contributed by atoms with van der Waals surface area (Å²) >= 11 is 0. The van der Waals surface area contributed by atoms with Crippen molar-refractivity contribution in [1.29, 1.82) is 0 Å². The van der Waals surface area contributed by atoms with E-state index >= 15 is 0 Å². The van der Waals surface area contributed by atoms with Crippen LogP contribution in [0.15, 0.2) is 57.9 Å². The van der Waals surface area contributed by atoms with Crippen LogP contribution in [0.3, 0.4) is 0 Å². The van der Waals surface area contributed by atoms with Gasteiger partial charge in [-0.15, -0.1) is 0 Å². The summed E-state index contributed by atoms with van der Waals surface area (Å²) in [5.41, 5.74) is 2.15. The summed E-state index contributed by atoms with van der Waals surface area (Å²) in [4.78, 5) is 4.80. The van der Waals surface area contributed by atoms with Crippen molar-refractivity contribution in [3.05, 3.63) is 71.4 Å². The molecule has 0 fully saturated rings. The molecule has 0 saturated heterocycles. The molecule has 0 bridgehead atoms. The molecule has 2 aromatic carbocycles. The van der Waals surface area contributed by atoms with Crippen LogP contribution in [-0.2, 0) is 22.7 Å². The van der Waals surface area contributed by atoms with Gasteiger partial charge in [-0.2, -0.15) is 4.98 Å². The molecule has 1 atom stereocenters. The number of hydrogen-bond donors (Lipinski definition) is 0. The van der Waals surface area contributed by atoms with Crippen LogP contribution in [-0.4, -0.2) is 31.9 Å². The molecule has 0 aliphatic rings. The molecule has 1 unspecified atom stereocenters. The molecule has 3 rings (SSSR count). The zero-order valence-corrected chi connectivity index (χ0v) is 18.6. The molecular weight excluding hydrogens is 400 g/mol. The van der Waals surface area contributed by atoms with E-state index < -0.39 is 9.84 Å². The van der Waals surface area contributed by atoms with Crippen molar-refractivity contribution in [2.45, 2.75) is 43.9 Å². The molecule has 0 aliphatic carbocycles. The molecule has 3 aromatic rings. The van der Waals surface area contributed by atoms with Gasteiger partial charge in [-0.05, 0) is 42.0 Å². The van der Waals surface area contributed by atoms with Crippen molar-refractivity contribution in [1.82, 2.24) is 10.1 Å². The van der Waals surface area contributed by atoms with E-state index in [2.05, 4.69) is 36.1 Å². The minimum absolute atomic E-state index is 0.170. The number of sulfone groups is 1. The van der Waals surface area contributed by atoms with E-state index in [0.29, 0.717) is 29.8 Å². The smallest absolute Gasteiger partial charge is 0.230 e. The maximum atomic E-state index is 11.9. The van der Waals surface area contributed by atoms with E-state index in [1.807, 2.05) is 18.2 Å². The number of nitrogens with zero attached hydrogens (tertiary/aromatic N) is 2. The molecule has 6 nitrogen and oxygen atoms in total. The summed E-state index contributed by atoms with van der Waals surface area (Å²) in [6.45, 7) is 4.32. The van der Waals surface area contributed by atoms with Crippen molar-refractivity contribution in [2.24, 2.45) is 5.92 Å². The third-order valence-electron chi connectivity index (χ3n) is 5.18. The number of benzene rings is 2. The van der Waals surface area contributed by atoms with Gasteiger partial charge in [0.05, 0.1) is 7.11 Å². The van der Waals surface area contributed by atoms with Crippen LogP contribution in [0.1, 0.15) is 49.0 Å². The Hall–Kier alpha value is -2.67. The fourth-order valence-corrected chi connectivity index (χ4v) is 4.33. The van der Waals surface area contributed by atoms with E-state index in [1.165, 1.54) is 12.7 Å². The van der Waals surface area contributed by atoms with Crippen molar-refractivity contribution < 1.29 is 17.7 Å². The Balaban J connectivity index is 1.74. The highest BCUT2D eigenvalue weighted by Gasteiger charge is 2.23. The maximum Gasteiger partial charge on any atom is 0.230 e. The van der Waals surface area contributed by atoms with Crippen molar-refractivity contribution in [2.75, 3.05) is 13.4 Å². The van der Waals surface area contributed by atoms with E-state index in [-0.39, 0.29) is 10.8 Å². The first kappa shape index (κ1) is 22.0. The molecule has 160 valence electrons. The molecule has 30 heavy (non-hydrogen) atoms. The maximum absolute atomic E-state index is 11.9. The Kier molecular flexibility index (Phi) is 6.92. The lowest BCUT2D eigenvalue weighted by atomic mass is 9.89. The van der Waals surface area contributed by atoms with Gasteiger partial charge in [0.1, 0.15) is 10.6 Å². The van der Waals surface area contributed by atoms with Crippen LogP contribution in [0.5, 0.6) is 5.75 Å². The van der Waals surface area contributed by atoms with Gasteiger partial charge in [0.15, 0.2) is 15.7 Å². The van der Waals surface area contributed by atoms with Gasteiger partial charge in [-0.25, -0.2) is 8.42 Å². The lowest BCUT2D eigenvalue weighted by Gasteiger charge is -2.16. The monoisotopic (exact) mass is 428 g/mol. The quantitative estimate of drug-likeness (QED) is 0.501. The predicted molar refractivity (Wildman–Crippen MR) is 116 cm³/mol. The Morgan fingerprint density at radius 3 is 2.43 bits per heavy atom. The van der Waals surface area contributed by atoms with E-state index in [4.69, 9.17) is 9.26 Å². The van der Waals surface area contributed by atoms with Gasteiger partial charge >= 0.3 is 0 Å². The van der Waals surface area contributed by atoms with Gasteiger partial charge < -0.3 is 9.26 Å². The first-order chi connectivity index (χ1) is 14.3. The highest BCUT2D eigenvalue weighted by atomic mass is 32.2. The number of rotatable bonds is 9. The highest BCUT2D eigenvalue weighted by Crippen LogP contribution is 2.29. The Morgan fingerprint density at radius 1 is 1.07 bits per heavy atom. The average Bonchev–Trinajstić information content (AvgIpc) is 3.15. The third-order valence-corrected chi connectivity index (χ3v) is 6.32. The molecule has 0 N–H and O–H groups in total. The molecule has 0 saturated carbocycles. The van der Waals surface area contributed by atoms with Crippen LogP contribution in [0, 0.1) is 5.92 Å². The molecule has 1 aromatic heterocycles. The summed E-state index contributed by atoms with van der Waals surface area (Å²) in [6.07, 6.45) is 3.48. The molecule has 0 aliphatic heterocycles. The number of methoxy groups -OCH3 is 1. The summed E-state index contributed by atoms with van der Waals surface area (Å²) in [5.74, 6) is 2.09. The minimum Gasteiger partial charge on any atom is -0.495 e. The fraction of sp³-hybridized carbons (Fsp3) is 0.391. The van der Waals surface area contributed by atoms with Crippen molar-refractivity contribution in [3.8, 4) is 5.75 Å². The van der Waals surface area contributed by atoms with E-state index in [1.54, 1.807) is 18.2 Å². The fourth-order valence-electron chi connectivity index (χ4n) is 3.51. The van der Waals surface area contributed by atoms with E-state index in [0.717, 1.165) is 24.7 Å². The topological polar surface area (TPSA) is 82.3 Å². The highest BCUT2D eigenvalue weighted by molar-refractivity contribution is 7.90. The molecule has 0 spiro atoms. The predicted octanol–water partition coefficient (Wildman–Crippen LogP) is 4.44. The molecule has 0 radical (unpaired) electrons. The largest absolute Gasteiger partial charge is 0.495 e. The summed E-state index contributed by atoms with van der Waals surface area (Å²) in [7, 11) is -1.90. The number of ether oxygens (including phenoxy) is 1. The second-order valence-corrected chi connectivity index (χ2v) is 9.84. The first-order valence-corrected chi connectivity index (χ1v) is 11.9. The van der Waals surface area contributed by atoms with Crippen LogP contribution in [0.4, 0.5) is 0 Å². The average molecular weight is 429 g/mol. The third kappa shape index (κ3) is 5.48. The Labute approximate surface area is 178 Å². The van der Waals surface area contributed by atoms with Crippen LogP contribution in [0.2, 0.25) is 0 Å². The van der Waals surface area contributed by atoms with Gasteiger partial charge in [0.2, 0.25) is 5.89 Å². The van der Waals surface area contributed by atoms with Crippen molar-refractivity contribution in [3.63, 3.8) is 0 Å². The van der Waals surface area contributed by atoms with Crippen LogP contribution < -0.4 is 4.74 Å².